The smallest absolute Gasteiger partial charge is 0.0524 e. The predicted molar refractivity (Wildman–Crippen MR) is 61.7 cm³/mol. The van der Waals surface area contributed by atoms with Crippen LogP contribution in [0.15, 0.2) is 12.4 Å². The normalized spacial score (nSPS) is 27.6. The summed E-state index contributed by atoms with van der Waals surface area (Å²) in [5.41, 5.74) is 7.46. The molecule has 1 aromatic rings. The Morgan fingerprint density at radius 1 is 1.47 bits per heavy atom. The zero-order chi connectivity index (χ0) is 10.7. The molecule has 2 unspecified atom stereocenters. The molecule has 2 atom stereocenters. The molecule has 15 heavy (non-hydrogen) atoms. The Morgan fingerprint density at radius 3 is 3.00 bits per heavy atom. The molecule has 2 rings (SSSR count). The predicted octanol–water partition coefficient (Wildman–Crippen LogP) is 2.28. The van der Waals surface area contributed by atoms with Crippen molar-refractivity contribution in [3.63, 3.8) is 0 Å². The molecule has 1 saturated carbocycles. The van der Waals surface area contributed by atoms with E-state index in [4.69, 9.17) is 5.73 Å². The van der Waals surface area contributed by atoms with Gasteiger partial charge < -0.3 is 5.73 Å². The third-order valence-corrected chi connectivity index (χ3v) is 3.41. The van der Waals surface area contributed by atoms with Gasteiger partial charge in [0.2, 0.25) is 0 Å². The zero-order valence-corrected chi connectivity index (χ0v) is 9.52. The van der Waals surface area contributed by atoms with Crippen molar-refractivity contribution in [2.45, 2.75) is 57.5 Å². The molecule has 0 saturated heterocycles. The molecule has 1 heterocycles. The van der Waals surface area contributed by atoms with Gasteiger partial charge in [0.1, 0.15) is 0 Å². The lowest BCUT2D eigenvalue weighted by molar-refractivity contribution is 0.534. The van der Waals surface area contributed by atoms with Gasteiger partial charge in [0.15, 0.2) is 0 Å². The van der Waals surface area contributed by atoms with Crippen molar-refractivity contribution in [2.75, 3.05) is 0 Å². The van der Waals surface area contributed by atoms with E-state index < -0.39 is 0 Å². The molecule has 1 aliphatic carbocycles. The van der Waals surface area contributed by atoms with Crippen molar-refractivity contribution in [1.29, 1.82) is 0 Å². The summed E-state index contributed by atoms with van der Waals surface area (Å²) >= 11 is 0. The van der Waals surface area contributed by atoms with Crippen LogP contribution < -0.4 is 5.73 Å². The fraction of sp³-hybridized carbons (Fsp3) is 0.750. The maximum atomic E-state index is 6.07. The third-order valence-electron chi connectivity index (χ3n) is 3.41. The van der Waals surface area contributed by atoms with Crippen LogP contribution in [-0.4, -0.2) is 15.8 Å². The van der Waals surface area contributed by atoms with E-state index in [0.29, 0.717) is 12.0 Å². The Hall–Kier alpha value is -0.830. The fourth-order valence-electron chi connectivity index (χ4n) is 2.46. The van der Waals surface area contributed by atoms with Crippen LogP contribution in [0.25, 0.3) is 0 Å². The van der Waals surface area contributed by atoms with Crippen molar-refractivity contribution in [3.8, 4) is 0 Å². The van der Waals surface area contributed by atoms with Gasteiger partial charge in [-0.25, -0.2) is 0 Å². The average molecular weight is 207 g/mol. The lowest BCUT2D eigenvalue weighted by atomic mass is 9.93. The van der Waals surface area contributed by atoms with Gasteiger partial charge in [0, 0.05) is 18.8 Å². The van der Waals surface area contributed by atoms with Gasteiger partial charge in [0.05, 0.1) is 6.20 Å². The number of hydrogen-bond acceptors (Lipinski definition) is 2. The molecule has 0 spiro atoms. The molecule has 0 radical (unpaired) electrons. The van der Waals surface area contributed by atoms with E-state index in [1.165, 1.54) is 31.2 Å². The number of hydrogen-bond donors (Lipinski definition) is 1. The highest BCUT2D eigenvalue weighted by Crippen LogP contribution is 2.30. The maximum Gasteiger partial charge on any atom is 0.0524 e. The van der Waals surface area contributed by atoms with Crippen LogP contribution in [0.3, 0.4) is 0 Å². The average Bonchev–Trinajstić information content (AvgIpc) is 2.61. The summed E-state index contributed by atoms with van der Waals surface area (Å²) in [6, 6.07) is 0.391. The number of nitrogens with zero attached hydrogens (tertiary/aromatic N) is 2. The molecule has 84 valence electrons. The summed E-state index contributed by atoms with van der Waals surface area (Å²) < 4.78 is 2.01. The van der Waals surface area contributed by atoms with E-state index in [1.807, 2.05) is 10.9 Å². The second-order valence-corrected chi connectivity index (χ2v) is 4.61. The van der Waals surface area contributed by atoms with Gasteiger partial charge >= 0.3 is 0 Å². The standard InChI is InChI=1S/C12H21N3/c1-2-15-9-11(8-14-15)10-5-3-4-6-12(13)7-10/h8-10,12H,2-7,13H2,1H3. The highest BCUT2D eigenvalue weighted by molar-refractivity contribution is 5.12. The number of aromatic nitrogens is 2. The number of rotatable bonds is 2. The summed E-state index contributed by atoms with van der Waals surface area (Å²) in [6.45, 7) is 3.08. The number of aryl methyl sites for hydroxylation is 1. The molecule has 0 aromatic carbocycles. The van der Waals surface area contributed by atoms with Crippen LogP contribution in [0.2, 0.25) is 0 Å². The second kappa shape index (κ2) is 4.79. The second-order valence-electron chi connectivity index (χ2n) is 4.61. The van der Waals surface area contributed by atoms with Crippen LogP contribution in [-0.2, 0) is 6.54 Å². The van der Waals surface area contributed by atoms with Crippen molar-refractivity contribution in [2.24, 2.45) is 5.73 Å². The minimum Gasteiger partial charge on any atom is -0.328 e. The van der Waals surface area contributed by atoms with E-state index >= 15 is 0 Å². The first-order chi connectivity index (χ1) is 7.29. The molecule has 0 amide bonds. The summed E-state index contributed by atoms with van der Waals surface area (Å²) in [6.07, 6.45) is 10.4. The van der Waals surface area contributed by atoms with Crippen LogP contribution in [0.1, 0.15) is 50.5 Å². The molecule has 0 bridgehead atoms. The summed E-state index contributed by atoms with van der Waals surface area (Å²) in [5, 5.41) is 4.34. The highest BCUT2D eigenvalue weighted by atomic mass is 15.3. The van der Waals surface area contributed by atoms with Crippen molar-refractivity contribution < 1.29 is 0 Å². The quantitative estimate of drug-likeness (QED) is 0.756. The fourth-order valence-corrected chi connectivity index (χ4v) is 2.46. The Labute approximate surface area is 91.7 Å². The first-order valence-corrected chi connectivity index (χ1v) is 6.07. The molecule has 1 aromatic heterocycles. The minimum absolute atomic E-state index is 0.391. The molecule has 1 aliphatic rings. The van der Waals surface area contributed by atoms with E-state index in [-0.39, 0.29) is 0 Å². The topological polar surface area (TPSA) is 43.8 Å². The Morgan fingerprint density at radius 2 is 2.27 bits per heavy atom. The Kier molecular flexibility index (Phi) is 3.41. The van der Waals surface area contributed by atoms with Gasteiger partial charge in [-0.1, -0.05) is 12.8 Å². The van der Waals surface area contributed by atoms with Crippen molar-refractivity contribution in [1.82, 2.24) is 9.78 Å². The van der Waals surface area contributed by atoms with Gasteiger partial charge in [-0.15, -0.1) is 0 Å². The first-order valence-electron chi connectivity index (χ1n) is 6.07. The van der Waals surface area contributed by atoms with Gasteiger partial charge in [0.25, 0.3) is 0 Å². The summed E-state index contributed by atoms with van der Waals surface area (Å²) in [5.74, 6) is 0.641. The molecule has 1 fully saturated rings. The first kappa shape index (κ1) is 10.7. The Bertz CT molecular complexity index is 306. The SMILES string of the molecule is CCn1cc(C2CCCCC(N)C2)cn1. The van der Waals surface area contributed by atoms with E-state index in [0.717, 1.165) is 13.0 Å². The van der Waals surface area contributed by atoms with Gasteiger partial charge in [-0.05, 0) is 37.7 Å². The Balaban J connectivity index is 2.07. The largest absolute Gasteiger partial charge is 0.328 e. The van der Waals surface area contributed by atoms with E-state index in [9.17, 15) is 0 Å². The molecule has 2 N–H and O–H groups in total. The minimum atomic E-state index is 0.391. The van der Waals surface area contributed by atoms with Crippen LogP contribution in [0.4, 0.5) is 0 Å². The van der Waals surface area contributed by atoms with Crippen molar-refractivity contribution in [3.05, 3.63) is 18.0 Å². The van der Waals surface area contributed by atoms with Crippen LogP contribution in [0, 0.1) is 0 Å². The third kappa shape index (κ3) is 2.59. The van der Waals surface area contributed by atoms with Crippen LogP contribution >= 0.6 is 0 Å². The summed E-state index contributed by atoms with van der Waals surface area (Å²) in [7, 11) is 0. The highest BCUT2D eigenvalue weighted by Gasteiger charge is 2.20. The summed E-state index contributed by atoms with van der Waals surface area (Å²) in [4.78, 5) is 0. The van der Waals surface area contributed by atoms with Crippen LogP contribution in [0.5, 0.6) is 0 Å². The molecule has 0 aliphatic heterocycles. The van der Waals surface area contributed by atoms with Gasteiger partial charge in [-0.2, -0.15) is 5.10 Å². The van der Waals surface area contributed by atoms with E-state index in [1.54, 1.807) is 0 Å². The van der Waals surface area contributed by atoms with E-state index in [2.05, 4.69) is 18.2 Å². The molecular formula is C12H21N3. The lowest BCUT2D eigenvalue weighted by Gasteiger charge is -2.14. The molecule has 3 nitrogen and oxygen atoms in total. The number of nitrogens with two attached hydrogens (primary N) is 1. The van der Waals surface area contributed by atoms with Gasteiger partial charge in [-0.3, -0.25) is 4.68 Å². The lowest BCUT2D eigenvalue weighted by Crippen LogP contribution is -2.20. The zero-order valence-electron chi connectivity index (χ0n) is 9.52. The van der Waals surface area contributed by atoms with Crippen molar-refractivity contribution >= 4 is 0 Å². The maximum absolute atomic E-state index is 6.07. The molecule has 3 heteroatoms. The monoisotopic (exact) mass is 207 g/mol. The molecular weight excluding hydrogens is 186 g/mol.